The van der Waals surface area contributed by atoms with Crippen molar-refractivity contribution < 1.29 is 9.53 Å². The van der Waals surface area contributed by atoms with E-state index in [1.807, 2.05) is 18.5 Å². The molecule has 1 amide bonds. The Morgan fingerprint density at radius 1 is 1.27 bits per heavy atom. The molecule has 1 aromatic heterocycles. The van der Waals surface area contributed by atoms with E-state index in [-0.39, 0.29) is 0 Å². The van der Waals surface area contributed by atoms with Crippen LogP contribution in [0.4, 0.5) is 0 Å². The molecule has 2 fully saturated rings. The van der Waals surface area contributed by atoms with Gasteiger partial charge in [0.05, 0.1) is 0 Å². The van der Waals surface area contributed by atoms with Gasteiger partial charge in [0.2, 0.25) is 5.91 Å². The molecule has 0 N–H and O–H groups in total. The number of pyridine rings is 1. The lowest BCUT2D eigenvalue weighted by Crippen LogP contribution is -2.40. The Morgan fingerprint density at radius 3 is 2.82 bits per heavy atom. The van der Waals surface area contributed by atoms with Gasteiger partial charge in [-0.1, -0.05) is 6.07 Å². The molecule has 2 aliphatic heterocycles. The third-order valence-corrected chi connectivity index (χ3v) is 4.93. The first-order chi connectivity index (χ1) is 10.8. The van der Waals surface area contributed by atoms with E-state index < -0.39 is 0 Å². The molecule has 0 saturated carbocycles. The van der Waals surface area contributed by atoms with Gasteiger partial charge in [0.1, 0.15) is 0 Å². The number of rotatable bonds is 4. The fraction of sp³-hybridized carbons (Fsp3) is 0.667. The maximum atomic E-state index is 12.4. The standard InChI is InChI=1S/C18H26N2O2/c21-18(12-17-4-2-10-22-14-17)20-8-5-15(6-9-20)11-16-3-1-7-19-13-16/h1,3,7,13,15,17H,2,4-6,8-12,14H2/t17-/m1/s1. The van der Waals surface area contributed by atoms with Gasteiger partial charge < -0.3 is 9.64 Å². The summed E-state index contributed by atoms with van der Waals surface area (Å²) >= 11 is 0. The second-order valence-corrected chi connectivity index (χ2v) is 6.68. The van der Waals surface area contributed by atoms with Crippen LogP contribution in [0.25, 0.3) is 0 Å². The molecule has 1 aromatic rings. The Labute approximate surface area is 132 Å². The van der Waals surface area contributed by atoms with Crippen molar-refractivity contribution in [3.05, 3.63) is 30.1 Å². The van der Waals surface area contributed by atoms with E-state index >= 15 is 0 Å². The van der Waals surface area contributed by atoms with Crippen molar-refractivity contribution >= 4 is 5.91 Å². The number of carbonyl (C=O) groups is 1. The Balaban J connectivity index is 1.42. The largest absolute Gasteiger partial charge is 0.381 e. The first kappa shape index (κ1) is 15.5. The van der Waals surface area contributed by atoms with Crippen LogP contribution >= 0.6 is 0 Å². The highest BCUT2D eigenvalue weighted by Crippen LogP contribution is 2.24. The number of amides is 1. The van der Waals surface area contributed by atoms with Gasteiger partial charge in [0, 0.05) is 45.1 Å². The maximum Gasteiger partial charge on any atom is 0.222 e. The monoisotopic (exact) mass is 302 g/mol. The molecule has 2 aliphatic rings. The highest BCUT2D eigenvalue weighted by Gasteiger charge is 2.25. The topological polar surface area (TPSA) is 42.4 Å². The van der Waals surface area contributed by atoms with E-state index in [0.29, 0.717) is 24.2 Å². The Kier molecular flexibility index (Phi) is 5.43. The van der Waals surface area contributed by atoms with Gasteiger partial charge in [0.15, 0.2) is 0 Å². The van der Waals surface area contributed by atoms with Crippen LogP contribution in [0.1, 0.15) is 37.7 Å². The van der Waals surface area contributed by atoms with Crippen molar-refractivity contribution in [2.45, 2.75) is 38.5 Å². The van der Waals surface area contributed by atoms with Crippen molar-refractivity contribution in [1.82, 2.24) is 9.88 Å². The van der Waals surface area contributed by atoms with Crippen LogP contribution in [0, 0.1) is 11.8 Å². The van der Waals surface area contributed by atoms with Crippen molar-refractivity contribution in [1.29, 1.82) is 0 Å². The van der Waals surface area contributed by atoms with E-state index in [0.717, 1.165) is 58.4 Å². The molecule has 4 heteroatoms. The van der Waals surface area contributed by atoms with Gasteiger partial charge in [-0.25, -0.2) is 0 Å². The zero-order valence-electron chi connectivity index (χ0n) is 13.2. The average molecular weight is 302 g/mol. The molecule has 3 rings (SSSR count). The molecule has 120 valence electrons. The van der Waals surface area contributed by atoms with Crippen LogP contribution < -0.4 is 0 Å². The number of hydrogen-bond donors (Lipinski definition) is 0. The third kappa shape index (κ3) is 4.29. The van der Waals surface area contributed by atoms with Gasteiger partial charge in [-0.15, -0.1) is 0 Å². The van der Waals surface area contributed by atoms with Crippen LogP contribution in [0.5, 0.6) is 0 Å². The summed E-state index contributed by atoms with van der Waals surface area (Å²) in [7, 11) is 0. The summed E-state index contributed by atoms with van der Waals surface area (Å²) in [5.41, 5.74) is 1.31. The quantitative estimate of drug-likeness (QED) is 0.859. The van der Waals surface area contributed by atoms with Crippen LogP contribution in [0.3, 0.4) is 0 Å². The number of hydrogen-bond acceptors (Lipinski definition) is 3. The summed E-state index contributed by atoms with van der Waals surface area (Å²) in [4.78, 5) is 18.6. The van der Waals surface area contributed by atoms with E-state index in [2.05, 4.69) is 16.0 Å². The molecule has 0 aromatic carbocycles. The van der Waals surface area contributed by atoms with Gasteiger partial charge >= 0.3 is 0 Å². The Bertz CT molecular complexity index is 463. The van der Waals surface area contributed by atoms with Crippen LogP contribution in [0.2, 0.25) is 0 Å². The van der Waals surface area contributed by atoms with Crippen LogP contribution in [-0.4, -0.2) is 42.1 Å². The minimum atomic E-state index is 0.329. The molecule has 0 unspecified atom stereocenters. The van der Waals surface area contributed by atoms with Gasteiger partial charge in [-0.05, 0) is 55.6 Å². The molecule has 0 aliphatic carbocycles. The molecule has 0 radical (unpaired) electrons. The van der Waals surface area contributed by atoms with Crippen molar-refractivity contribution in [2.24, 2.45) is 11.8 Å². The van der Waals surface area contributed by atoms with E-state index in [1.165, 1.54) is 5.56 Å². The number of likely N-dealkylation sites (tertiary alicyclic amines) is 1. The van der Waals surface area contributed by atoms with E-state index in [1.54, 1.807) is 0 Å². The fourth-order valence-corrected chi connectivity index (χ4v) is 3.58. The van der Waals surface area contributed by atoms with E-state index in [4.69, 9.17) is 4.74 Å². The second kappa shape index (κ2) is 7.73. The van der Waals surface area contributed by atoms with Crippen LogP contribution in [0.15, 0.2) is 24.5 Å². The minimum Gasteiger partial charge on any atom is -0.381 e. The molecule has 0 spiro atoms. The number of piperidine rings is 1. The van der Waals surface area contributed by atoms with Crippen LogP contribution in [-0.2, 0) is 16.0 Å². The lowest BCUT2D eigenvalue weighted by Gasteiger charge is -2.33. The zero-order valence-corrected chi connectivity index (χ0v) is 13.2. The first-order valence-electron chi connectivity index (χ1n) is 8.55. The molecule has 4 nitrogen and oxygen atoms in total. The second-order valence-electron chi connectivity index (χ2n) is 6.68. The van der Waals surface area contributed by atoms with Crippen molar-refractivity contribution in [2.75, 3.05) is 26.3 Å². The normalized spacial score (nSPS) is 23.5. The third-order valence-electron chi connectivity index (χ3n) is 4.93. The van der Waals surface area contributed by atoms with Crippen molar-refractivity contribution in [3.8, 4) is 0 Å². The summed E-state index contributed by atoms with van der Waals surface area (Å²) < 4.78 is 5.48. The number of aromatic nitrogens is 1. The molecular formula is C18H26N2O2. The highest BCUT2D eigenvalue weighted by atomic mass is 16.5. The minimum absolute atomic E-state index is 0.329. The summed E-state index contributed by atoms with van der Waals surface area (Å²) in [5, 5.41) is 0. The fourth-order valence-electron chi connectivity index (χ4n) is 3.58. The Morgan fingerprint density at radius 2 is 2.14 bits per heavy atom. The molecule has 3 heterocycles. The summed E-state index contributed by atoms with van der Waals surface area (Å²) in [6.07, 6.45) is 10.0. The first-order valence-corrected chi connectivity index (χ1v) is 8.55. The lowest BCUT2D eigenvalue weighted by molar-refractivity contribution is -0.134. The zero-order chi connectivity index (χ0) is 15.2. The molecular weight excluding hydrogens is 276 g/mol. The van der Waals surface area contributed by atoms with Gasteiger partial charge in [-0.2, -0.15) is 0 Å². The van der Waals surface area contributed by atoms with Gasteiger partial charge in [0.25, 0.3) is 0 Å². The molecule has 22 heavy (non-hydrogen) atoms. The summed E-state index contributed by atoms with van der Waals surface area (Å²) in [6.45, 7) is 3.46. The number of carbonyl (C=O) groups excluding carboxylic acids is 1. The lowest BCUT2D eigenvalue weighted by atomic mass is 9.90. The average Bonchev–Trinajstić information content (AvgIpc) is 2.57. The predicted molar refractivity (Wildman–Crippen MR) is 85.4 cm³/mol. The molecule has 0 bridgehead atoms. The summed E-state index contributed by atoms with van der Waals surface area (Å²) in [6, 6.07) is 4.15. The van der Waals surface area contributed by atoms with E-state index in [9.17, 15) is 4.79 Å². The predicted octanol–water partition coefficient (Wildman–Crippen LogP) is 2.68. The van der Waals surface area contributed by atoms with Gasteiger partial charge in [-0.3, -0.25) is 9.78 Å². The van der Waals surface area contributed by atoms with Crippen molar-refractivity contribution in [3.63, 3.8) is 0 Å². The maximum absolute atomic E-state index is 12.4. The Hall–Kier alpha value is -1.42. The number of ether oxygens (including phenoxy) is 1. The summed E-state index contributed by atoms with van der Waals surface area (Å²) in [5.74, 6) is 1.45. The highest BCUT2D eigenvalue weighted by molar-refractivity contribution is 5.76. The SMILES string of the molecule is O=C(C[C@H]1CCCOC1)N1CCC(Cc2cccnc2)CC1. The number of nitrogens with zero attached hydrogens (tertiary/aromatic N) is 2. The molecule has 2 saturated heterocycles. The smallest absolute Gasteiger partial charge is 0.222 e. The molecule has 1 atom stereocenters.